The summed E-state index contributed by atoms with van der Waals surface area (Å²) < 4.78 is 4.86. The fourth-order valence-electron chi connectivity index (χ4n) is 1.37. The predicted octanol–water partition coefficient (Wildman–Crippen LogP) is 2.08. The SMILES string of the molecule is C=C(CSc1n[nH]c(-c2ccccn2)n1)C(=O)OCC. The van der Waals surface area contributed by atoms with Crippen LogP contribution in [0.5, 0.6) is 0 Å². The Hall–Kier alpha value is -2.15. The van der Waals surface area contributed by atoms with E-state index >= 15 is 0 Å². The lowest BCUT2D eigenvalue weighted by atomic mass is 10.3. The average Bonchev–Trinajstić information content (AvgIpc) is 2.95. The number of H-pyrrole nitrogens is 1. The monoisotopic (exact) mass is 290 g/mol. The molecule has 0 saturated heterocycles. The number of pyridine rings is 1. The van der Waals surface area contributed by atoms with Gasteiger partial charge in [-0.1, -0.05) is 24.4 Å². The Morgan fingerprint density at radius 1 is 1.50 bits per heavy atom. The molecular weight excluding hydrogens is 276 g/mol. The smallest absolute Gasteiger partial charge is 0.334 e. The van der Waals surface area contributed by atoms with E-state index in [0.29, 0.717) is 28.9 Å². The van der Waals surface area contributed by atoms with Crippen LogP contribution >= 0.6 is 11.8 Å². The molecule has 0 saturated carbocycles. The zero-order valence-electron chi connectivity index (χ0n) is 11.0. The first kappa shape index (κ1) is 14.3. The number of ether oxygens (including phenoxy) is 1. The van der Waals surface area contributed by atoms with Crippen LogP contribution in [0.4, 0.5) is 0 Å². The van der Waals surface area contributed by atoms with Gasteiger partial charge in [0.2, 0.25) is 5.16 Å². The average molecular weight is 290 g/mol. The minimum absolute atomic E-state index is 0.340. The standard InChI is InChI=1S/C13H14N4O2S/c1-3-19-12(18)9(2)8-20-13-15-11(16-17-13)10-6-4-5-7-14-10/h4-7H,2-3,8H2,1H3,(H,15,16,17). The number of nitrogens with zero attached hydrogens (tertiary/aromatic N) is 3. The molecule has 0 fully saturated rings. The second-order valence-corrected chi connectivity index (χ2v) is 4.74. The Kier molecular flexibility index (Phi) is 4.89. The summed E-state index contributed by atoms with van der Waals surface area (Å²) in [5, 5.41) is 7.41. The molecule has 0 atom stereocenters. The molecule has 104 valence electrons. The fourth-order valence-corrected chi connectivity index (χ4v) is 2.06. The quantitative estimate of drug-likeness (QED) is 0.498. The van der Waals surface area contributed by atoms with Gasteiger partial charge in [-0.25, -0.2) is 4.79 Å². The molecule has 0 aliphatic carbocycles. The number of carbonyl (C=O) groups excluding carboxylic acids is 1. The minimum atomic E-state index is -0.388. The molecule has 20 heavy (non-hydrogen) atoms. The molecule has 2 aromatic heterocycles. The topological polar surface area (TPSA) is 80.8 Å². The van der Waals surface area contributed by atoms with Gasteiger partial charge in [-0.15, -0.1) is 5.10 Å². The summed E-state index contributed by atoms with van der Waals surface area (Å²) in [6.07, 6.45) is 1.69. The summed E-state index contributed by atoms with van der Waals surface area (Å²) in [5.41, 5.74) is 1.11. The van der Waals surface area contributed by atoms with Crippen LogP contribution in [0.15, 0.2) is 41.7 Å². The summed E-state index contributed by atoms with van der Waals surface area (Å²) in [7, 11) is 0. The summed E-state index contributed by atoms with van der Waals surface area (Å²) in [5.74, 6) is 0.591. The fraction of sp³-hybridized carbons (Fsp3) is 0.231. The highest BCUT2D eigenvalue weighted by molar-refractivity contribution is 7.99. The Labute approximate surface area is 120 Å². The van der Waals surface area contributed by atoms with E-state index < -0.39 is 0 Å². The van der Waals surface area contributed by atoms with E-state index in [1.165, 1.54) is 11.8 Å². The van der Waals surface area contributed by atoms with Crippen molar-refractivity contribution in [2.45, 2.75) is 12.1 Å². The van der Waals surface area contributed by atoms with Crippen molar-refractivity contribution in [2.75, 3.05) is 12.4 Å². The third kappa shape index (κ3) is 3.67. The number of hydrogen-bond acceptors (Lipinski definition) is 6. The Balaban J connectivity index is 1.94. The number of aromatic nitrogens is 4. The molecule has 2 aromatic rings. The molecule has 0 bridgehead atoms. The molecule has 2 rings (SSSR count). The lowest BCUT2D eigenvalue weighted by Gasteiger charge is -2.02. The second kappa shape index (κ2) is 6.85. The van der Waals surface area contributed by atoms with Crippen molar-refractivity contribution in [1.82, 2.24) is 20.2 Å². The van der Waals surface area contributed by atoms with Crippen LogP contribution in [-0.4, -0.2) is 38.5 Å². The van der Waals surface area contributed by atoms with E-state index in [-0.39, 0.29) is 5.97 Å². The first-order valence-corrected chi connectivity index (χ1v) is 7.00. The number of aromatic amines is 1. The maximum Gasteiger partial charge on any atom is 0.334 e. The number of thioether (sulfide) groups is 1. The van der Waals surface area contributed by atoms with Gasteiger partial charge >= 0.3 is 5.97 Å². The zero-order chi connectivity index (χ0) is 14.4. The highest BCUT2D eigenvalue weighted by atomic mass is 32.2. The van der Waals surface area contributed by atoms with Gasteiger partial charge in [0.15, 0.2) is 5.82 Å². The van der Waals surface area contributed by atoms with Gasteiger partial charge in [-0.05, 0) is 19.1 Å². The Morgan fingerprint density at radius 3 is 3.05 bits per heavy atom. The van der Waals surface area contributed by atoms with E-state index in [4.69, 9.17) is 4.74 Å². The van der Waals surface area contributed by atoms with Crippen molar-refractivity contribution in [3.63, 3.8) is 0 Å². The van der Waals surface area contributed by atoms with Crippen LogP contribution in [0.1, 0.15) is 6.92 Å². The molecule has 0 amide bonds. The maximum atomic E-state index is 11.4. The third-order valence-corrected chi connectivity index (χ3v) is 3.25. The van der Waals surface area contributed by atoms with E-state index in [1.807, 2.05) is 18.2 Å². The van der Waals surface area contributed by atoms with Crippen molar-refractivity contribution >= 4 is 17.7 Å². The van der Waals surface area contributed by atoms with Gasteiger partial charge in [0, 0.05) is 17.5 Å². The summed E-state index contributed by atoms with van der Waals surface area (Å²) in [4.78, 5) is 19.9. The molecule has 1 N–H and O–H groups in total. The number of hydrogen-bond donors (Lipinski definition) is 1. The second-order valence-electron chi connectivity index (χ2n) is 3.79. The zero-order valence-corrected chi connectivity index (χ0v) is 11.8. The number of esters is 1. The first-order chi connectivity index (χ1) is 9.70. The number of rotatable bonds is 6. The van der Waals surface area contributed by atoms with Crippen molar-refractivity contribution < 1.29 is 9.53 Å². The summed E-state index contributed by atoms with van der Waals surface area (Å²) in [6, 6.07) is 5.55. The molecule has 0 unspecified atom stereocenters. The molecule has 0 radical (unpaired) electrons. The van der Waals surface area contributed by atoms with Crippen LogP contribution in [-0.2, 0) is 9.53 Å². The lowest BCUT2D eigenvalue weighted by molar-refractivity contribution is -0.138. The largest absolute Gasteiger partial charge is 0.463 e. The van der Waals surface area contributed by atoms with Crippen LogP contribution in [0, 0.1) is 0 Å². The molecule has 2 heterocycles. The first-order valence-electron chi connectivity index (χ1n) is 6.02. The van der Waals surface area contributed by atoms with Crippen molar-refractivity contribution in [1.29, 1.82) is 0 Å². The molecular formula is C13H14N4O2S. The summed E-state index contributed by atoms with van der Waals surface area (Å²) >= 11 is 1.32. The van der Waals surface area contributed by atoms with Gasteiger partial charge < -0.3 is 4.74 Å². The maximum absolute atomic E-state index is 11.4. The van der Waals surface area contributed by atoms with E-state index in [2.05, 4.69) is 26.7 Å². The normalized spacial score (nSPS) is 10.2. The van der Waals surface area contributed by atoms with E-state index in [0.717, 1.165) is 5.69 Å². The highest BCUT2D eigenvalue weighted by Crippen LogP contribution is 2.19. The highest BCUT2D eigenvalue weighted by Gasteiger charge is 2.11. The Morgan fingerprint density at radius 2 is 2.35 bits per heavy atom. The van der Waals surface area contributed by atoms with Gasteiger partial charge in [0.1, 0.15) is 5.69 Å². The van der Waals surface area contributed by atoms with Crippen LogP contribution in [0.25, 0.3) is 11.5 Å². The summed E-state index contributed by atoms with van der Waals surface area (Å²) in [6.45, 7) is 5.78. The molecule has 6 nitrogen and oxygen atoms in total. The molecule has 0 aliphatic rings. The van der Waals surface area contributed by atoms with E-state index in [9.17, 15) is 4.79 Å². The van der Waals surface area contributed by atoms with Crippen molar-refractivity contribution in [2.24, 2.45) is 0 Å². The molecule has 7 heteroatoms. The Bertz CT molecular complexity index is 597. The van der Waals surface area contributed by atoms with Gasteiger partial charge in [-0.2, -0.15) is 4.98 Å². The van der Waals surface area contributed by atoms with Gasteiger partial charge in [-0.3, -0.25) is 10.1 Å². The molecule has 0 spiro atoms. The van der Waals surface area contributed by atoms with E-state index in [1.54, 1.807) is 13.1 Å². The lowest BCUT2D eigenvalue weighted by Crippen LogP contribution is -2.08. The van der Waals surface area contributed by atoms with Crippen LogP contribution in [0.3, 0.4) is 0 Å². The molecule has 0 aliphatic heterocycles. The minimum Gasteiger partial charge on any atom is -0.463 e. The van der Waals surface area contributed by atoms with Crippen molar-refractivity contribution in [3.8, 4) is 11.5 Å². The third-order valence-electron chi connectivity index (χ3n) is 2.31. The predicted molar refractivity (Wildman–Crippen MR) is 76.1 cm³/mol. The van der Waals surface area contributed by atoms with Crippen LogP contribution in [0.2, 0.25) is 0 Å². The number of nitrogens with one attached hydrogen (secondary N) is 1. The van der Waals surface area contributed by atoms with Gasteiger partial charge in [0.25, 0.3) is 0 Å². The number of carbonyl (C=O) groups is 1. The van der Waals surface area contributed by atoms with Crippen LogP contribution < -0.4 is 0 Å². The van der Waals surface area contributed by atoms with Crippen molar-refractivity contribution in [3.05, 3.63) is 36.5 Å². The van der Waals surface area contributed by atoms with Gasteiger partial charge in [0.05, 0.1) is 6.61 Å². The molecule has 0 aromatic carbocycles.